The second-order valence-corrected chi connectivity index (χ2v) is 2.89. The van der Waals surface area contributed by atoms with Crippen LogP contribution in [-0.4, -0.2) is 48.5 Å². The fourth-order valence-corrected chi connectivity index (χ4v) is 1.26. The van der Waals surface area contributed by atoms with Crippen molar-refractivity contribution in [2.24, 2.45) is 5.73 Å². The number of nitrogens with two attached hydrogens (primary N) is 1. The van der Waals surface area contributed by atoms with Crippen molar-refractivity contribution in [2.45, 2.75) is 44.9 Å². The van der Waals surface area contributed by atoms with Crippen molar-refractivity contribution in [1.82, 2.24) is 0 Å². The quantitative estimate of drug-likeness (QED) is 0.566. The van der Waals surface area contributed by atoms with Crippen LogP contribution >= 0.6 is 0 Å². The van der Waals surface area contributed by atoms with Crippen LogP contribution in [0.3, 0.4) is 0 Å². The van der Waals surface area contributed by atoms with Gasteiger partial charge < -0.3 is 25.4 Å². The van der Waals surface area contributed by atoms with Crippen molar-refractivity contribution in [3.05, 3.63) is 0 Å². The maximum Gasteiger partial charge on any atom is 0.186 e. The van der Waals surface area contributed by atoms with Crippen LogP contribution in [0.25, 0.3) is 0 Å². The normalized spacial score (nSPS) is 37.3. The molecule has 4 atom stereocenters. The van der Waals surface area contributed by atoms with Crippen molar-refractivity contribution in [1.29, 1.82) is 0 Å². The van der Waals surface area contributed by atoms with Crippen LogP contribution in [0.15, 0.2) is 0 Å². The van der Waals surface area contributed by atoms with Crippen molar-refractivity contribution >= 4 is 0 Å². The van der Waals surface area contributed by atoms with Gasteiger partial charge in [-0.15, -0.1) is 0 Å². The molecule has 5 nitrogen and oxygen atoms in total. The summed E-state index contributed by atoms with van der Waals surface area (Å²) < 4.78 is 10.0. The Balaban J connectivity index is 0.000000791. The highest BCUT2D eigenvalue weighted by atomic mass is 16.7. The van der Waals surface area contributed by atoms with Gasteiger partial charge >= 0.3 is 0 Å². The number of methoxy groups -OCH3 is 1. The van der Waals surface area contributed by atoms with E-state index < -0.39 is 18.5 Å². The highest BCUT2D eigenvalue weighted by molar-refractivity contribution is 4.81. The summed E-state index contributed by atoms with van der Waals surface area (Å²) in [5.41, 5.74) is 5.35. The van der Waals surface area contributed by atoms with Crippen LogP contribution in [0, 0.1) is 0 Å². The minimum Gasteiger partial charge on any atom is -0.390 e. The molecule has 0 aliphatic carbocycles. The van der Waals surface area contributed by atoms with Gasteiger partial charge in [-0.05, 0) is 0 Å². The zero-order valence-corrected chi connectivity index (χ0v) is 9.01. The van der Waals surface area contributed by atoms with Gasteiger partial charge in [-0.1, -0.05) is 13.8 Å². The molecule has 1 saturated heterocycles. The fourth-order valence-electron chi connectivity index (χ4n) is 1.26. The molecule has 1 aliphatic rings. The van der Waals surface area contributed by atoms with Crippen molar-refractivity contribution in [3.63, 3.8) is 0 Å². The van der Waals surface area contributed by atoms with Gasteiger partial charge in [0.05, 0.1) is 12.2 Å². The first kappa shape index (κ1) is 13.8. The Morgan fingerprint density at radius 1 is 1.43 bits per heavy atom. The molecular formula is C9H21NO4. The molecule has 0 spiro atoms. The number of hydrogen-bond donors (Lipinski definition) is 3. The molecule has 5 heteroatoms. The van der Waals surface area contributed by atoms with Crippen LogP contribution < -0.4 is 5.73 Å². The Labute approximate surface area is 84.8 Å². The highest BCUT2D eigenvalue weighted by Gasteiger charge is 2.35. The average molecular weight is 207 g/mol. The summed E-state index contributed by atoms with van der Waals surface area (Å²) in [5, 5.41) is 18.6. The van der Waals surface area contributed by atoms with Crippen LogP contribution in [-0.2, 0) is 9.47 Å². The standard InChI is InChI=1S/C7H15NO4.C2H6/c1-11-7-6(10)5(9)2-4(3-8)12-7;1-2/h4-7,9-10H,2-3,8H2,1H3;1-2H3. The minimum absolute atomic E-state index is 0.228. The van der Waals surface area contributed by atoms with Gasteiger partial charge in [-0.3, -0.25) is 0 Å². The first-order chi connectivity index (χ1) is 6.69. The fraction of sp³-hybridized carbons (Fsp3) is 1.00. The third kappa shape index (κ3) is 3.51. The van der Waals surface area contributed by atoms with Crippen molar-refractivity contribution < 1.29 is 19.7 Å². The van der Waals surface area contributed by atoms with E-state index in [0.29, 0.717) is 13.0 Å². The largest absolute Gasteiger partial charge is 0.390 e. The van der Waals surface area contributed by atoms with Crippen molar-refractivity contribution in [2.75, 3.05) is 13.7 Å². The van der Waals surface area contributed by atoms with E-state index in [1.807, 2.05) is 13.8 Å². The maximum absolute atomic E-state index is 9.32. The third-order valence-electron chi connectivity index (χ3n) is 2.00. The molecule has 1 rings (SSSR count). The summed E-state index contributed by atoms with van der Waals surface area (Å²) in [6, 6.07) is 0. The maximum atomic E-state index is 9.32. The molecule has 14 heavy (non-hydrogen) atoms. The number of aliphatic hydroxyl groups is 2. The lowest BCUT2D eigenvalue weighted by atomic mass is 10.0. The summed E-state index contributed by atoms with van der Waals surface area (Å²) >= 11 is 0. The zero-order chi connectivity index (χ0) is 11.1. The molecule has 1 aliphatic heterocycles. The molecule has 0 aromatic carbocycles. The van der Waals surface area contributed by atoms with Gasteiger partial charge in [0.2, 0.25) is 0 Å². The molecule has 0 aromatic heterocycles. The minimum atomic E-state index is -0.974. The first-order valence-corrected chi connectivity index (χ1v) is 4.93. The number of aliphatic hydroxyl groups excluding tert-OH is 2. The lowest BCUT2D eigenvalue weighted by Crippen LogP contribution is -2.50. The van der Waals surface area contributed by atoms with E-state index in [2.05, 4.69) is 0 Å². The molecule has 0 aromatic rings. The molecule has 0 saturated carbocycles. The van der Waals surface area contributed by atoms with E-state index in [9.17, 15) is 10.2 Å². The molecule has 0 amide bonds. The van der Waals surface area contributed by atoms with E-state index in [4.69, 9.17) is 15.2 Å². The summed E-state index contributed by atoms with van der Waals surface area (Å²) in [5.74, 6) is 0. The van der Waals surface area contributed by atoms with Gasteiger partial charge in [0.25, 0.3) is 0 Å². The van der Waals surface area contributed by atoms with Crippen LogP contribution in [0.2, 0.25) is 0 Å². The molecule has 0 bridgehead atoms. The Hall–Kier alpha value is -0.200. The SMILES string of the molecule is CC.COC1OC(CN)CC(O)C1O. The van der Waals surface area contributed by atoms with Gasteiger partial charge in [-0.25, -0.2) is 0 Å². The van der Waals surface area contributed by atoms with E-state index in [0.717, 1.165) is 0 Å². The molecule has 4 N–H and O–H groups in total. The van der Waals surface area contributed by atoms with E-state index in [-0.39, 0.29) is 6.10 Å². The lowest BCUT2D eigenvalue weighted by molar-refractivity contribution is -0.255. The monoisotopic (exact) mass is 207 g/mol. The van der Waals surface area contributed by atoms with E-state index in [1.165, 1.54) is 7.11 Å². The predicted molar refractivity (Wildman–Crippen MR) is 52.7 cm³/mol. The number of hydrogen-bond acceptors (Lipinski definition) is 5. The summed E-state index contributed by atoms with van der Waals surface area (Å²) in [6.45, 7) is 4.32. The zero-order valence-electron chi connectivity index (χ0n) is 9.01. The summed E-state index contributed by atoms with van der Waals surface area (Å²) in [4.78, 5) is 0. The first-order valence-electron chi connectivity index (χ1n) is 4.93. The van der Waals surface area contributed by atoms with E-state index in [1.54, 1.807) is 0 Å². The Morgan fingerprint density at radius 2 is 2.00 bits per heavy atom. The number of rotatable bonds is 2. The molecule has 0 radical (unpaired) electrons. The smallest absolute Gasteiger partial charge is 0.186 e. The highest BCUT2D eigenvalue weighted by Crippen LogP contribution is 2.19. The second-order valence-electron chi connectivity index (χ2n) is 2.89. The Kier molecular flexibility index (Phi) is 7.04. The second kappa shape index (κ2) is 7.14. The molecule has 1 fully saturated rings. The van der Waals surface area contributed by atoms with Crippen LogP contribution in [0.4, 0.5) is 0 Å². The van der Waals surface area contributed by atoms with Crippen LogP contribution in [0.5, 0.6) is 0 Å². The summed E-state index contributed by atoms with van der Waals surface area (Å²) in [7, 11) is 1.42. The van der Waals surface area contributed by atoms with Gasteiger partial charge in [0.15, 0.2) is 6.29 Å². The average Bonchev–Trinajstić information content (AvgIpc) is 2.24. The predicted octanol–water partition coefficient (Wildman–Crippen LogP) is -0.545. The molecular weight excluding hydrogens is 186 g/mol. The van der Waals surface area contributed by atoms with E-state index >= 15 is 0 Å². The Bertz CT molecular complexity index is 145. The van der Waals surface area contributed by atoms with Gasteiger partial charge in [-0.2, -0.15) is 0 Å². The van der Waals surface area contributed by atoms with Crippen LogP contribution in [0.1, 0.15) is 20.3 Å². The topological polar surface area (TPSA) is 84.9 Å². The van der Waals surface area contributed by atoms with Gasteiger partial charge in [0.1, 0.15) is 6.10 Å². The third-order valence-corrected chi connectivity index (χ3v) is 2.00. The summed E-state index contributed by atoms with van der Waals surface area (Å²) in [6.07, 6.45) is -2.41. The molecule has 4 unspecified atom stereocenters. The lowest BCUT2D eigenvalue weighted by Gasteiger charge is -2.35. The molecule has 86 valence electrons. The van der Waals surface area contributed by atoms with Gasteiger partial charge in [0, 0.05) is 20.1 Å². The molecule has 1 heterocycles. The Morgan fingerprint density at radius 3 is 2.43 bits per heavy atom. The van der Waals surface area contributed by atoms with Crippen molar-refractivity contribution in [3.8, 4) is 0 Å². The number of ether oxygens (including phenoxy) is 2.